The second-order valence-electron chi connectivity index (χ2n) is 4.50. The van der Waals surface area contributed by atoms with Crippen LogP contribution in [-0.2, 0) is 4.74 Å². The molecule has 1 heterocycles. The van der Waals surface area contributed by atoms with Gasteiger partial charge in [0.15, 0.2) is 0 Å². The van der Waals surface area contributed by atoms with Gasteiger partial charge in [-0.15, -0.1) is 0 Å². The standard InChI is InChI=1S/C9H18N2O3/c1-9(2,3)14-8(13)11-6-4-7(12)10-5-6/h6-7,10,12H,4-5H2,1-3H3,(H,11,13). The highest BCUT2D eigenvalue weighted by Gasteiger charge is 2.25. The molecular formula is C9H18N2O3. The Labute approximate surface area is 83.8 Å². The highest BCUT2D eigenvalue weighted by molar-refractivity contribution is 5.68. The normalized spacial score (nSPS) is 27.4. The first-order valence-corrected chi connectivity index (χ1v) is 4.78. The van der Waals surface area contributed by atoms with Crippen LogP contribution in [0.4, 0.5) is 4.79 Å². The van der Waals surface area contributed by atoms with Crippen molar-refractivity contribution in [1.82, 2.24) is 10.6 Å². The van der Waals surface area contributed by atoms with Crippen molar-refractivity contribution in [1.29, 1.82) is 0 Å². The van der Waals surface area contributed by atoms with Crippen LogP contribution >= 0.6 is 0 Å². The molecule has 0 bridgehead atoms. The third-order valence-corrected chi connectivity index (χ3v) is 1.83. The van der Waals surface area contributed by atoms with Crippen molar-refractivity contribution in [3.05, 3.63) is 0 Å². The van der Waals surface area contributed by atoms with Gasteiger partial charge in [-0.3, -0.25) is 5.32 Å². The molecule has 0 aliphatic carbocycles. The van der Waals surface area contributed by atoms with Gasteiger partial charge < -0.3 is 15.2 Å². The van der Waals surface area contributed by atoms with Crippen molar-refractivity contribution >= 4 is 6.09 Å². The smallest absolute Gasteiger partial charge is 0.407 e. The molecule has 0 saturated carbocycles. The average molecular weight is 202 g/mol. The highest BCUT2D eigenvalue weighted by atomic mass is 16.6. The molecular weight excluding hydrogens is 184 g/mol. The number of nitrogens with one attached hydrogen (secondary N) is 2. The van der Waals surface area contributed by atoms with Crippen LogP contribution in [-0.4, -0.2) is 35.6 Å². The Balaban J connectivity index is 2.27. The number of aliphatic hydroxyl groups is 1. The fraction of sp³-hybridized carbons (Fsp3) is 0.889. The summed E-state index contributed by atoms with van der Waals surface area (Å²) in [5.41, 5.74) is -0.477. The van der Waals surface area contributed by atoms with Crippen LogP contribution in [0.1, 0.15) is 27.2 Å². The fourth-order valence-electron chi connectivity index (χ4n) is 1.30. The molecule has 2 atom stereocenters. The van der Waals surface area contributed by atoms with E-state index >= 15 is 0 Å². The SMILES string of the molecule is CC(C)(C)OC(=O)NC1CNC(O)C1. The average Bonchev–Trinajstić information content (AvgIpc) is 2.30. The summed E-state index contributed by atoms with van der Waals surface area (Å²) in [4.78, 5) is 11.3. The van der Waals surface area contributed by atoms with Gasteiger partial charge in [-0.2, -0.15) is 0 Å². The van der Waals surface area contributed by atoms with Crippen LogP contribution in [0.2, 0.25) is 0 Å². The minimum atomic E-state index is -0.519. The minimum absolute atomic E-state index is 0.0418. The maximum atomic E-state index is 11.3. The summed E-state index contributed by atoms with van der Waals surface area (Å²) in [6.45, 7) is 6.03. The van der Waals surface area contributed by atoms with Gasteiger partial charge >= 0.3 is 6.09 Å². The summed E-state index contributed by atoms with van der Waals surface area (Å²) >= 11 is 0. The minimum Gasteiger partial charge on any atom is -0.444 e. The molecule has 1 amide bonds. The van der Waals surface area contributed by atoms with Crippen LogP contribution in [0.3, 0.4) is 0 Å². The largest absolute Gasteiger partial charge is 0.444 e. The van der Waals surface area contributed by atoms with Crippen molar-refractivity contribution in [2.24, 2.45) is 0 Å². The molecule has 0 spiro atoms. The van der Waals surface area contributed by atoms with E-state index in [1.165, 1.54) is 0 Å². The van der Waals surface area contributed by atoms with E-state index in [-0.39, 0.29) is 6.04 Å². The number of aliphatic hydroxyl groups excluding tert-OH is 1. The third kappa shape index (κ3) is 3.93. The first-order valence-electron chi connectivity index (χ1n) is 4.78. The Bertz CT molecular complexity index is 213. The van der Waals surface area contributed by atoms with Crippen LogP contribution < -0.4 is 10.6 Å². The third-order valence-electron chi connectivity index (χ3n) is 1.83. The lowest BCUT2D eigenvalue weighted by Gasteiger charge is -2.21. The zero-order valence-electron chi connectivity index (χ0n) is 8.83. The summed E-state index contributed by atoms with van der Waals surface area (Å²) in [5.74, 6) is 0. The molecule has 0 radical (unpaired) electrons. The molecule has 1 aliphatic rings. The highest BCUT2D eigenvalue weighted by Crippen LogP contribution is 2.08. The lowest BCUT2D eigenvalue weighted by molar-refractivity contribution is 0.0505. The predicted octanol–water partition coefficient (Wildman–Crippen LogP) is 0.191. The number of amides is 1. The number of ether oxygens (including phenoxy) is 1. The van der Waals surface area contributed by atoms with E-state index in [4.69, 9.17) is 9.84 Å². The second kappa shape index (κ2) is 4.14. The molecule has 14 heavy (non-hydrogen) atoms. The molecule has 0 aromatic rings. The summed E-state index contributed by atoms with van der Waals surface area (Å²) < 4.78 is 5.08. The molecule has 3 N–H and O–H groups in total. The summed E-state index contributed by atoms with van der Waals surface area (Å²) in [7, 11) is 0. The quantitative estimate of drug-likeness (QED) is 0.567. The van der Waals surface area contributed by atoms with E-state index in [0.717, 1.165) is 0 Å². The van der Waals surface area contributed by atoms with Crippen LogP contribution in [0.25, 0.3) is 0 Å². The molecule has 1 saturated heterocycles. The van der Waals surface area contributed by atoms with Crippen molar-refractivity contribution in [3.63, 3.8) is 0 Å². The second-order valence-corrected chi connectivity index (χ2v) is 4.50. The summed E-state index contributed by atoms with van der Waals surface area (Å²) in [6.07, 6.45) is -0.424. The lowest BCUT2D eigenvalue weighted by Crippen LogP contribution is -2.40. The van der Waals surface area contributed by atoms with E-state index in [2.05, 4.69) is 10.6 Å². The van der Waals surface area contributed by atoms with Gasteiger partial charge in [-0.1, -0.05) is 0 Å². The van der Waals surface area contributed by atoms with Crippen LogP contribution in [0.5, 0.6) is 0 Å². The molecule has 5 heteroatoms. The van der Waals surface area contributed by atoms with Crippen molar-refractivity contribution < 1.29 is 14.6 Å². The van der Waals surface area contributed by atoms with Gasteiger partial charge in [0, 0.05) is 19.0 Å². The molecule has 2 unspecified atom stereocenters. The Hall–Kier alpha value is -0.810. The zero-order valence-corrected chi connectivity index (χ0v) is 8.83. The number of carbonyl (C=O) groups is 1. The summed E-state index contributed by atoms with van der Waals surface area (Å²) in [6, 6.07) is -0.0418. The maximum absolute atomic E-state index is 11.3. The molecule has 1 aliphatic heterocycles. The predicted molar refractivity (Wildman–Crippen MR) is 51.8 cm³/mol. The fourth-order valence-corrected chi connectivity index (χ4v) is 1.30. The molecule has 0 aromatic heterocycles. The van der Waals surface area contributed by atoms with Gasteiger partial charge in [-0.25, -0.2) is 4.79 Å². The topological polar surface area (TPSA) is 70.6 Å². The van der Waals surface area contributed by atoms with Gasteiger partial charge in [0.05, 0.1) is 0 Å². The first kappa shape index (κ1) is 11.3. The van der Waals surface area contributed by atoms with Crippen molar-refractivity contribution in [2.45, 2.75) is 45.1 Å². The van der Waals surface area contributed by atoms with Gasteiger partial charge in [0.2, 0.25) is 0 Å². The number of hydrogen-bond acceptors (Lipinski definition) is 4. The van der Waals surface area contributed by atoms with Crippen LogP contribution in [0.15, 0.2) is 0 Å². The molecule has 1 fully saturated rings. The van der Waals surface area contributed by atoms with E-state index in [9.17, 15) is 4.79 Å². The Kier molecular flexibility index (Phi) is 3.34. The van der Waals surface area contributed by atoms with Gasteiger partial charge in [0.1, 0.15) is 11.8 Å². The van der Waals surface area contributed by atoms with E-state index < -0.39 is 17.9 Å². The van der Waals surface area contributed by atoms with E-state index in [1.807, 2.05) is 20.8 Å². The monoisotopic (exact) mass is 202 g/mol. The van der Waals surface area contributed by atoms with Gasteiger partial charge in [-0.05, 0) is 20.8 Å². The zero-order chi connectivity index (χ0) is 10.8. The maximum Gasteiger partial charge on any atom is 0.407 e. The number of hydrogen-bond donors (Lipinski definition) is 3. The van der Waals surface area contributed by atoms with Crippen LogP contribution in [0, 0.1) is 0 Å². The molecule has 1 rings (SSSR count). The van der Waals surface area contributed by atoms with Crippen molar-refractivity contribution in [2.75, 3.05) is 6.54 Å². The Morgan fingerprint density at radius 2 is 2.21 bits per heavy atom. The molecule has 5 nitrogen and oxygen atoms in total. The Morgan fingerprint density at radius 3 is 2.64 bits per heavy atom. The molecule has 0 aromatic carbocycles. The number of alkyl carbamates (subject to hydrolysis) is 1. The molecule has 82 valence electrons. The lowest BCUT2D eigenvalue weighted by atomic mass is 10.2. The summed E-state index contributed by atoms with van der Waals surface area (Å²) in [5, 5.41) is 14.6. The van der Waals surface area contributed by atoms with Crippen molar-refractivity contribution in [3.8, 4) is 0 Å². The number of rotatable bonds is 1. The first-order chi connectivity index (χ1) is 6.37. The van der Waals surface area contributed by atoms with E-state index in [1.54, 1.807) is 0 Å². The Morgan fingerprint density at radius 1 is 1.57 bits per heavy atom. The van der Waals surface area contributed by atoms with E-state index in [0.29, 0.717) is 13.0 Å². The van der Waals surface area contributed by atoms with Gasteiger partial charge in [0.25, 0.3) is 0 Å². The number of carbonyl (C=O) groups excluding carboxylic acids is 1.